The Morgan fingerprint density at radius 1 is 1.00 bits per heavy atom. The van der Waals surface area contributed by atoms with E-state index in [1.807, 2.05) is 18.2 Å². The van der Waals surface area contributed by atoms with Gasteiger partial charge in [-0.1, -0.05) is 36.4 Å². The number of amides is 1. The van der Waals surface area contributed by atoms with Crippen LogP contribution in [0.25, 0.3) is 0 Å². The average molecular weight is 514 g/mol. The van der Waals surface area contributed by atoms with Gasteiger partial charge in [0.25, 0.3) is 0 Å². The number of halogens is 1. The predicted molar refractivity (Wildman–Crippen MR) is 138 cm³/mol. The third-order valence-electron chi connectivity index (χ3n) is 7.05. The number of allylic oxidation sites excluding steroid dienone is 1. The second-order valence-corrected chi connectivity index (χ2v) is 9.43. The van der Waals surface area contributed by atoms with Crippen molar-refractivity contribution in [1.82, 2.24) is 0 Å². The topological polar surface area (TPSA) is 98.8 Å². The van der Waals surface area contributed by atoms with E-state index in [4.69, 9.17) is 4.74 Å². The normalized spacial score (nSPS) is 18.7. The maximum atomic E-state index is 14.0. The lowest BCUT2D eigenvalue weighted by Gasteiger charge is -2.35. The molecular formula is C30H26FN2O5-. The number of aliphatic carboxylic acids is 1. The number of fused-ring (bicyclic) bond motifs is 1. The van der Waals surface area contributed by atoms with E-state index in [0.29, 0.717) is 40.4 Å². The van der Waals surface area contributed by atoms with Crippen molar-refractivity contribution >= 4 is 29.0 Å². The molecule has 0 radical (unpaired) electrons. The van der Waals surface area contributed by atoms with Crippen molar-refractivity contribution in [3.8, 4) is 5.75 Å². The van der Waals surface area contributed by atoms with Crippen LogP contribution in [0, 0.1) is 5.82 Å². The van der Waals surface area contributed by atoms with Gasteiger partial charge in [0.15, 0.2) is 5.78 Å². The van der Waals surface area contributed by atoms with Crippen molar-refractivity contribution < 1.29 is 28.6 Å². The van der Waals surface area contributed by atoms with Gasteiger partial charge in [0.2, 0.25) is 5.91 Å². The van der Waals surface area contributed by atoms with E-state index in [2.05, 4.69) is 5.32 Å². The van der Waals surface area contributed by atoms with Crippen molar-refractivity contribution in [2.45, 2.75) is 37.6 Å². The number of hydrogen-bond donors (Lipinski definition) is 1. The molecule has 0 aromatic heterocycles. The largest absolute Gasteiger partial charge is 0.550 e. The van der Waals surface area contributed by atoms with Gasteiger partial charge in [-0.05, 0) is 66.3 Å². The minimum atomic E-state index is -1.33. The molecule has 1 aliphatic carbocycles. The summed E-state index contributed by atoms with van der Waals surface area (Å²) < 4.78 is 19.3. The number of anilines is 2. The smallest absolute Gasteiger partial charge is 0.228 e. The second-order valence-electron chi connectivity index (χ2n) is 9.43. The molecule has 0 fully saturated rings. The van der Waals surface area contributed by atoms with Gasteiger partial charge in [-0.2, -0.15) is 0 Å². The third-order valence-corrected chi connectivity index (χ3v) is 7.05. The summed E-state index contributed by atoms with van der Waals surface area (Å²) in [6.45, 7) is 0. The molecule has 1 heterocycles. The highest BCUT2D eigenvalue weighted by Crippen LogP contribution is 2.47. The first-order chi connectivity index (χ1) is 18.4. The monoisotopic (exact) mass is 513 g/mol. The Hall–Kier alpha value is -4.46. The molecule has 5 rings (SSSR count). The molecule has 2 aliphatic rings. The molecule has 0 bridgehead atoms. The maximum Gasteiger partial charge on any atom is 0.228 e. The number of carboxylic acid groups (broad SMARTS) is 1. The molecule has 0 saturated carbocycles. The van der Waals surface area contributed by atoms with Crippen LogP contribution >= 0.6 is 0 Å². The van der Waals surface area contributed by atoms with Crippen molar-refractivity contribution in [2.24, 2.45) is 0 Å². The summed E-state index contributed by atoms with van der Waals surface area (Å²) in [5.41, 5.74) is 3.63. The third kappa shape index (κ3) is 4.89. The van der Waals surface area contributed by atoms with Gasteiger partial charge >= 0.3 is 0 Å². The van der Waals surface area contributed by atoms with E-state index in [-0.39, 0.29) is 30.4 Å². The van der Waals surface area contributed by atoms with E-state index in [0.717, 1.165) is 5.56 Å². The molecule has 0 spiro atoms. The average Bonchev–Trinajstić information content (AvgIpc) is 3.06. The van der Waals surface area contributed by atoms with Crippen molar-refractivity contribution in [2.75, 3.05) is 17.3 Å². The molecule has 1 N–H and O–H groups in total. The van der Waals surface area contributed by atoms with Crippen molar-refractivity contribution in [1.29, 1.82) is 0 Å². The molecule has 3 aromatic carbocycles. The Labute approximate surface area is 219 Å². The fourth-order valence-electron chi connectivity index (χ4n) is 5.29. The zero-order valence-corrected chi connectivity index (χ0v) is 20.8. The summed E-state index contributed by atoms with van der Waals surface area (Å²) in [6, 6.07) is 19.8. The number of Topliss-reactive ketones (excluding diaryl/α,β-unsaturated/α-hetero) is 1. The van der Waals surface area contributed by atoms with E-state index in [9.17, 15) is 23.9 Å². The highest BCUT2D eigenvalue weighted by atomic mass is 19.1. The number of nitrogens with zero attached hydrogens (tertiary/aromatic N) is 1. The minimum Gasteiger partial charge on any atom is -0.550 e. The van der Waals surface area contributed by atoms with E-state index >= 15 is 0 Å². The number of carbonyl (C=O) groups is 3. The predicted octanol–water partition coefficient (Wildman–Crippen LogP) is 4.27. The Bertz CT molecular complexity index is 1430. The number of carboxylic acids is 1. The first kappa shape index (κ1) is 25.2. The number of ether oxygens (including phenoxy) is 1. The Balaban J connectivity index is 1.68. The molecule has 2 atom stereocenters. The van der Waals surface area contributed by atoms with Crippen LogP contribution < -0.4 is 20.1 Å². The van der Waals surface area contributed by atoms with E-state index in [1.165, 1.54) is 17.0 Å². The molecule has 7 nitrogen and oxygen atoms in total. The molecule has 8 heteroatoms. The fraction of sp³-hybridized carbons (Fsp3) is 0.233. The summed E-state index contributed by atoms with van der Waals surface area (Å²) >= 11 is 0. The van der Waals surface area contributed by atoms with Gasteiger partial charge in [0.1, 0.15) is 11.6 Å². The molecule has 194 valence electrons. The molecular weight excluding hydrogens is 487 g/mol. The van der Waals surface area contributed by atoms with Crippen LogP contribution in [0.15, 0.2) is 84.1 Å². The molecule has 38 heavy (non-hydrogen) atoms. The van der Waals surface area contributed by atoms with Crippen LogP contribution in [0.2, 0.25) is 0 Å². The SMILES string of the molecule is COc1ccc([C@H]2C3=C(C[C@H](c4cccc(F)c4)CC3=O)Nc3ccccc3N2C(=O)CCC(=O)[O-])cc1. The van der Waals surface area contributed by atoms with Gasteiger partial charge in [-0.3, -0.25) is 14.5 Å². The molecule has 1 aliphatic heterocycles. The summed E-state index contributed by atoms with van der Waals surface area (Å²) in [7, 11) is 1.55. The molecule has 1 amide bonds. The number of carbonyl (C=O) groups excluding carboxylic acids is 3. The number of benzene rings is 3. The summed E-state index contributed by atoms with van der Waals surface area (Å²) in [4.78, 5) is 40.2. The molecule has 0 unspecified atom stereocenters. The lowest BCUT2D eigenvalue weighted by atomic mass is 9.78. The van der Waals surface area contributed by atoms with Gasteiger partial charge < -0.3 is 20.0 Å². The molecule has 0 saturated heterocycles. The van der Waals surface area contributed by atoms with Gasteiger partial charge in [0.05, 0.1) is 24.5 Å². The highest BCUT2D eigenvalue weighted by Gasteiger charge is 2.41. The first-order valence-electron chi connectivity index (χ1n) is 12.4. The minimum absolute atomic E-state index is 0.147. The van der Waals surface area contributed by atoms with Gasteiger partial charge in [-0.15, -0.1) is 0 Å². The van der Waals surface area contributed by atoms with E-state index in [1.54, 1.807) is 49.6 Å². The summed E-state index contributed by atoms with van der Waals surface area (Å²) in [6.07, 6.45) is -0.144. The van der Waals surface area contributed by atoms with Crippen LogP contribution in [0.1, 0.15) is 48.8 Å². The first-order valence-corrected chi connectivity index (χ1v) is 12.4. The maximum absolute atomic E-state index is 14.0. The van der Waals surface area contributed by atoms with Crippen LogP contribution in [0.4, 0.5) is 15.8 Å². The van der Waals surface area contributed by atoms with Crippen molar-refractivity contribution in [3.05, 3.63) is 101 Å². The van der Waals surface area contributed by atoms with Gasteiger partial charge in [0, 0.05) is 30.1 Å². The number of hydrogen-bond acceptors (Lipinski definition) is 6. The number of ketones is 1. The van der Waals surface area contributed by atoms with Crippen LogP contribution in [0.5, 0.6) is 5.75 Å². The highest BCUT2D eigenvalue weighted by molar-refractivity contribution is 6.06. The standard InChI is InChI=1S/C30H27FN2O5/c1-38-22-11-9-18(10-12-22)30-29-24(16-20(17-26(29)34)19-5-4-6-21(31)15-19)32-23-7-2-3-8-25(23)33(30)27(35)13-14-28(36)37/h2-12,15,20,30,32H,13-14,16-17H2,1H3,(H,36,37)/p-1/t20-,30-/m0/s1. The lowest BCUT2D eigenvalue weighted by Crippen LogP contribution is -2.39. The number of methoxy groups -OCH3 is 1. The molecule has 3 aromatic rings. The van der Waals surface area contributed by atoms with Crippen LogP contribution in [0.3, 0.4) is 0 Å². The zero-order valence-electron chi connectivity index (χ0n) is 20.8. The van der Waals surface area contributed by atoms with Crippen LogP contribution in [-0.4, -0.2) is 24.8 Å². The number of nitrogens with one attached hydrogen (secondary N) is 1. The lowest BCUT2D eigenvalue weighted by molar-refractivity contribution is -0.305. The number of para-hydroxylation sites is 2. The number of rotatable bonds is 6. The zero-order chi connectivity index (χ0) is 26.8. The van der Waals surface area contributed by atoms with Crippen LogP contribution in [-0.2, 0) is 14.4 Å². The summed E-state index contributed by atoms with van der Waals surface area (Å²) in [5.74, 6) is -1.93. The van der Waals surface area contributed by atoms with Gasteiger partial charge in [-0.25, -0.2) is 4.39 Å². The second kappa shape index (κ2) is 10.5. The Morgan fingerprint density at radius 2 is 1.76 bits per heavy atom. The Kier molecular flexibility index (Phi) is 6.96. The fourth-order valence-corrected chi connectivity index (χ4v) is 5.29. The quantitative estimate of drug-likeness (QED) is 0.529. The van der Waals surface area contributed by atoms with E-state index < -0.39 is 24.3 Å². The Morgan fingerprint density at radius 3 is 2.47 bits per heavy atom. The summed E-state index contributed by atoms with van der Waals surface area (Å²) in [5, 5.41) is 14.6. The van der Waals surface area contributed by atoms with Crippen molar-refractivity contribution in [3.63, 3.8) is 0 Å².